The largest absolute Gasteiger partial charge is 0.285 e. The van der Waals surface area contributed by atoms with Crippen molar-refractivity contribution in [1.82, 2.24) is 29.4 Å². The Morgan fingerprint density at radius 3 is 3.06 bits per heavy atom. The molecule has 0 saturated heterocycles. The lowest BCUT2D eigenvalue weighted by atomic mass is 10.3. The molecule has 0 saturated carbocycles. The second-order valence-electron chi connectivity index (χ2n) is 3.46. The molecular weight excluding hydrogens is 218 g/mol. The Morgan fingerprint density at radius 1 is 1.35 bits per heavy atom. The SMILES string of the molecule is N#Cc1ccn2c(Cn3cncn3)nnc2c1. The molecule has 0 fully saturated rings. The smallest absolute Gasteiger partial charge is 0.162 e. The summed E-state index contributed by atoms with van der Waals surface area (Å²) in [5.41, 5.74) is 1.22. The fourth-order valence-electron chi connectivity index (χ4n) is 1.58. The highest BCUT2D eigenvalue weighted by Gasteiger charge is 2.06. The van der Waals surface area contributed by atoms with Crippen molar-refractivity contribution < 1.29 is 0 Å². The summed E-state index contributed by atoms with van der Waals surface area (Å²) in [7, 11) is 0. The summed E-state index contributed by atoms with van der Waals surface area (Å²) in [6.07, 6.45) is 4.86. The van der Waals surface area contributed by atoms with Crippen LogP contribution in [0.15, 0.2) is 31.0 Å². The van der Waals surface area contributed by atoms with Crippen LogP contribution in [-0.4, -0.2) is 29.4 Å². The van der Waals surface area contributed by atoms with E-state index in [1.165, 1.54) is 6.33 Å². The zero-order valence-corrected chi connectivity index (χ0v) is 8.72. The summed E-state index contributed by atoms with van der Waals surface area (Å²) in [6.45, 7) is 0.493. The van der Waals surface area contributed by atoms with Crippen molar-refractivity contribution in [3.63, 3.8) is 0 Å². The first-order chi connectivity index (χ1) is 8.36. The van der Waals surface area contributed by atoms with Crippen molar-refractivity contribution in [2.45, 2.75) is 6.54 Å². The normalized spacial score (nSPS) is 10.5. The first-order valence-electron chi connectivity index (χ1n) is 4.93. The Kier molecular flexibility index (Phi) is 2.05. The van der Waals surface area contributed by atoms with Gasteiger partial charge in [0.25, 0.3) is 0 Å². The van der Waals surface area contributed by atoms with Crippen LogP contribution < -0.4 is 0 Å². The van der Waals surface area contributed by atoms with Gasteiger partial charge in [0.05, 0.1) is 11.6 Å². The van der Waals surface area contributed by atoms with Crippen molar-refractivity contribution in [2.75, 3.05) is 0 Å². The van der Waals surface area contributed by atoms with Gasteiger partial charge in [0, 0.05) is 12.3 Å². The highest BCUT2D eigenvalue weighted by atomic mass is 15.3. The van der Waals surface area contributed by atoms with Crippen molar-refractivity contribution in [3.05, 3.63) is 42.4 Å². The van der Waals surface area contributed by atoms with Gasteiger partial charge in [-0.1, -0.05) is 0 Å². The van der Waals surface area contributed by atoms with Crippen LogP contribution in [0, 0.1) is 11.3 Å². The summed E-state index contributed by atoms with van der Waals surface area (Å²) < 4.78 is 3.48. The topological polar surface area (TPSA) is 84.7 Å². The van der Waals surface area contributed by atoms with E-state index in [-0.39, 0.29) is 0 Å². The van der Waals surface area contributed by atoms with E-state index < -0.39 is 0 Å². The molecule has 0 amide bonds. The molecule has 0 N–H and O–H groups in total. The Bertz CT molecular complexity index is 689. The maximum atomic E-state index is 8.78. The zero-order valence-electron chi connectivity index (χ0n) is 8.72. The van der Waals surface area contributed by atoms with Crippen LogP contribution in [0.5, 0.6) is 0 Å². The van der Waals surface area contributed by atoms with Crippen LogP contribution in [0.4, 0.5) is 0 Å². The van der Waals surface area contributed by atoms with Crippen molar-refractivity contribution >= 4 is 5.65 Å². The van der Waals surface area contributed by atoms with Gasteiger partial charge in [0.15, 0.2) is 11.5 Å². The lowest BCUT2D eigenvalue weighted by molar-refractivity contribution is 0.647. The Hall–Kier alpha value is -2.75. The number of rotatable bonds is 2. The second kappa shape index (κ2) is 3.68. The third-order valence-electron chi connectivity index (χ3n) is 2.38. The van der Waals surface area contributed by atoms with Gasteiger partial charge in [0.1, 0.15) is 19.2 Å². The average molecular weight is 225 g/mol. The van der Waals surface area contributed by atoms with E-state index in [1.54, 1.807) is 29.3 Å². The molecule has 0 aromatic carbocycles. The first-order valence-corrected chi connectivity index (χ1v) is 4.93. The third-order valence-corrected chi connectivity index (χ3v) is 2.38. The van der Waals surface area contributed by atoms with E-state index in [2.05, 4.69) is 26.3 Å². The molecule has 0 unspecified atom stereocenters. The van der Waals surface area contributed by atoms with Crippen LogP contribution in [0.2, 0.25) is 0 Å². The van der Waals surface area contributed by atoms with E-state index in [0.29, 0.717) is 17.8 Å². The fourth-order valence-corrected chi connectivity index (χ4v) is 1.58. The van der Waals surface area contributed by atoms with Gasteiger partial charge in [-0.25, -0.2) is 9.67 Å². The van der Waals surface area contributed by atoms with Crippen LogP contribution in [0.25, 0.3) is 5.65 Å². The predicted molar refractivity (Wildman–Crippen MR) is 56.8 cm³/mol. The highest BCUT2D eigenvalue weighted by molar-refractivity contribution is 5.45. The van der Waals surface area contributed by atoms with Crippen LogP contribution in [-0.2, 0) is 6.54 Å². The minimum absolute atomic E-state index is 0.493. The van der Waals surface area contributed by atoms with Crippen molar-refractivity contribution in [1.29, 1.82) is 5.26 Å². The third kappa shape index (κ3) is 1.61. The van der Waals surface area contributed by atoms with E-state index in [0.717, 1.165) is 5.82 Å². The van der Waals surface area contributed by atoms with Crippen LogP contribution >= 0.6 is 0 Å². The molecule has 3 aromatic heterocycles. The molecule has 3 aromatic rings. The molecule has 0 radical (unpaired) electrons. The van der Waals surface area contributed by atoms with E-state index in [9.17, 15) is 0 Å². The number of fused-ring (bicyclic) bond motifs is 1. The molecule has 0 aliphatic rings. The van der Waals surface area contributed by atoms with Gasteiger partial charge >= 0.3 is 0 Å². The van der Waals surface area contributed by atoms with Gasteiger partial charge in [-0.05, 0) is 6.07 Å². The number of aromatic nitrogens is 6. The summed E-state index contributed by atoms with van der Waals surface area (Å²) in [5.74, 6) is 0.745. The molecule has 17 heavy (non-hydrogen) atoms. The lowest BCUT2D eigenvalue weighted by Gasteiger charge is -1.99. The number of nitrogens with zero attached hydrogens (tertiary/aromatic N) is 7. The summed E-state index contributed by atoms with van der Waals surface area (Å²) in [6, 6.07) is 5.48. The molecule has 7 nitrogen and oxygen atoms in total. The monoisotopic (exact) mass is 225 g/mol. The van der Waals surface area contributed by atoms with Gasteiger partial charge in [-0.15, -0.1) is 10.2 Å². The number of hydrogen-bond donors (Lipinski definition) is 0. The highest BCUT2D eigenvalue weighted by Crippen LogP contribution is 2.07. The first kappa shape index (κ1) is 9.47. The van der Waals surface area contributed by atoms with Crippen LogP contribution in [0.3, 0.4) is 0 Å². The van der Waals surface area contributed by atoms with Crippen molar-refractivity contribution in [3.8, 4) is 6.07 Å². The molecule has 0 aliphatic carbocycles. The van der Waals surface area contributed by atoms with E-state index >= 15 is 0 Å². The average Bonchev–Trinajstić information content (AvgIpc) is 2.99. The summed E-state index contributed by atoms with van der Waals surface area (Å²) >= 11 is 0. The molecule has 3 heterocycles. The number of hydrogen-bond acceptors (Lipinski definition) is 5. The second-order valence-corrected chi connectivity index (χ2v) is 3.46. The minimum Gasteiger partial charge on any atom is -0.285 e. The van der Waals surface area contributed by atoms with E-state index in [4.69, 9.17) is 5.26 Å². The molecule has 0 bridgehead atoms. The molecule has 0 aliphatic heterocycles. The number of pyridine rings is 1. The molecular formula is C10H7N7. The quantitative estimate of drug-likeness (QED) is 0.623. The summed E-state index contributed by atoms with van der Waals surface area (Å²) in [5, 5.41) is 20.9. The minimum atomic E-state index is 0.493. The molecule has 0 atom stereocenters. The molecule has 3 rings (SSSR count). The molecule has 7 heteroatoms. The predicted octanol–water partition coefficient (Wildman–Crippen LogP) is 0.241. The lowest BCUT2D eigenvalue weighted by Crippen LogP contribution is -2.04. The van der Waals surface area contributed by atoms with Gasteiger partial charge in [-0.3, -0.25) is 4.40 Å². The molecule has 82 valence electrons. The van der Waals surface area contributed by atoms with Gasteiger partial charge < -0.3 is 0 Å². The summed E-state index contributed by atoms with van der Waals surface area (Å²) in [4.78, 5) is 3.86. The maximum Gasteiger partial charge on any atom is 0.162 e. The fraction of sp³-hybridized carbons (Fsp3) is 0.100. The zero-order chi connectivity index (χ0) is 11.7. The van der Waals surface area contributed by atoms with Crippen molar-refractivity contribution in [2.24, 2.45) is 0 Å². The maximum absolute atomic E-state index is 8.78. The standard InChI is InChI=1S/C10H7N7/c11-4-8-1-2-17-9(3-8)14-15-10(17)5-16-7-12-6-13-16/h1-3,6-7H,5H2. The van der Waals surface area contributed by atoms with E-state index in [1.807, 2.05) is 4.40 Å². The number of nitriles is 1. The molecule has 0 spiro atoms. The van der Waals surface area contributed by atoms with Crippen LogP contribution in [0.1, 0.15) is 11.4 Å². The van der Waals surface area contributed by atoms with Gasteiger partial charge in [-0.2, -0.15) is 10.4 Å². The Morgan fingerprint density at radius 2 is 2.29 bits per heavy atom. The van der Waals surface area contributed by atoms with Gasteiger partial charge in [0.2, 0.25) is 0 Å². The Balaban J connectivity index is 2.04. The Labute approximate surface area is 96.0 Å².